The second-order valence-corrected chi connectivity index (χ2v) is 5.64. The van der Waals surface area contributed by atoms with Gasteiger partial charge in [-0.1, -0.05) is 12.1 Å². The molecule has 1 aromatic heterocycles. The second kappa shape index (κ2) is 4.66. The SMILES string of the molecule is O=C1OC[C@H]2CN(C(=O)c3nc4ccccc4[nH]c3=O)C[C@@H]12. The number of nitrogens with zero attached hydrogens (tertiary/aromatic N) is 2. The number of aromatic nitrogens is 2. The number of ether oxygens (including phenoxy) is 1. The molecule has 0 spiro atoms. The highest BCUT2D eigenvalue weighted by molar-refractivity contribution is 5.94. The molecule has 0 bridgehead atoms. The van der Waals surface area contributed by atoms with Crippen molar-refractivity contribution in [3.8, 4) is 0 Å². The van der Waals surface area contributed by atoms with E-state index in [0.29, 0.717) is 24.2 Å². The van der Waals surface area contributed by atoms with E-state index in [2.05, 4.69) is 9.97 Å². The molecule has 2 aliphatic heterocycles. The number of carbonyl (C=O) groups is 2. The van der Waals surface area contributed by atoms with Crippen LogP contribution in [0.2, 0.25) is 0 Å². The molecule has 1 amide bonds. The Bertz CT molecular complexity index is 844. The predicted octanol–water partition coefficient (Wildman–Crippen LogP) is 0.168. The average Bonchev–Trinajstić information content (AvgIpc) is 3.08. The number of H-pyrrole nitrogens is 1. The molecule has 1 aromatic carbocycles. The van der Waals surface area contributed by atoms with Crippen LogP contribution >= 0.6 is 0 Å². The maximum atomic E-state index is 12.5. The van der Waals surface area contributed by atoms with Gasteiger partial charge in [-0.15, -0.1) is 0 Å². The molecular weight excluding hydrogens is 286 g/mol. The summed E-state index contributed by atoms with van der Waals surface area (Å²) >= 11 is 0. The van der Waals surface area contributed by atoms with Gasteiger partial charge in [0.1, 0.15) is 0 Å². The predicted molar refractivity (Wildman–Crippen MR) is 76.2 cm³/mol. The van der Waals surface area contributed by atoms with Crippen LogP contribution in [0.3, 0.4) is 0 Å². The summed E-state index contributed by atoms with van der Waals surface area (Å²) in [6.45, 7) is 1.05. The van der Waals surface area contributed by atoms with Crippen molar-refractivity contribution >= 4 is 22.9 Å². The van der Waals surface area contributed by atoms with Gasteiger partial charge in [0.15, 0.2) is 5.69 Å². The van der Waals surface area contributed by atoms with Gasteiger partial charge in [-0.2, -0.15) is 0 Å². The zero-order valence-corrected chi connectivity index (χ0v) is 11.6. The lowest BCUT2D eigenvalue weighted by atomic mass is 10.0. The van der Waals surface area contributed by atoms with Crippen molar-refractivity contribution < 1.29 is 14.3 Å². The van der Waals surface area contributed by atoms with Crippen LogP contribution < -0.4 is 5.56 Å². The van der Waals surface area contributed by atoms with Crippen molar-refractivity contribution in [1.82, 2.24) is 14.9 Å². The minimum absolute atomic E-state index is 0.0241. The molecule has 7 nitrogen and oxygen atoms in total. The third kappa shape index (κ3) is 1.89. The van der Waals surface area contributed by atoms with Crippen LogP contribution in [-0.2, 0) is 9.53 Å². The van der Waals surface area contributed by atoms with E-state index < -0.39 is 11.5 Å². The van der Waals surface area contributed by atoms with E-state index in [9.17, 15) is 14.4 Å². The average molecular weight is 299 g/mol. The fraction of sp³-hybridized carbons (Fsp3) is 0.333. The van der Waals surface area contributed by atoms with E-state index >= 15 is 0 Å². The highest BCUT2D eigenvalue weighted by Gasteiger charge is 2.46. The van der Waals surface area contributed by atoms with Crippen molar-refractivity contribution in [2.45, 2.75) is 0 Å². The van der Waals surface area contributed by atoms with Crippen LogP contribution in [0.1, 0.15) is 10.5 Å². The largest absolute Gasteiger partial charge is 0.465 e. The summed E-state index contributed by atoms with van der Waals surface area (Å²) < 4.78 is 4.97. The number of nitrogens with one attached hydrogen (secondary N) is 1. The Morgan fingerprint density at radius 1 is 1.27 bits per heavy atom. The first-order valence-corrected chi connectivity index (χ1v) is 7.08. The molecule has 112 valence electrons. The van der Waals surface area contributed by atoms with Crippen molar-refractivity contribution in [3.05, 3.63) is 40.3 Å². The van der Waals surface area contributed by atoms with Gasteiger partial charge < -0.3 is 14.6 Å². The summed E-state index contributed by atoms with van der Waals surface area (Å²) in [4.78, 5) is 44.5. The van der Waals surface area contributed by atoms with Gasteiger partial charge in [0.2, 0.25) is 0 Å². The van der Waals surface area contributed by atoms with Crippen LogP contribution in [-0.4, -0.2) is 46.4 Å². The highest BCUT2D eigenvalue weighted by atomic mass is 16.5. The number of hydrogen-bond acceptors (Lipinski definition) is 5. The summed E-state index contributed by atoms with van der Waals surface area (Å²) in [5.41, 5.74) is 0.505. The van der Waals surface area contributed by atoms with Crippen LogP contribution in [0.25, 0.3) is 11.0 Å². The van der Waals surface area contributed by atoms with Crippen molar-refractivity contribution in [2.24, 2.45) is 11.8 Å². The zero-order valence-electron chi connectivity index (χ0n) is 11.6. The van der Waals surface area contributed by atoms with E-state index in [-0.39, 0.29) is 30.0 Å². The van der Waals surface area contributed by atoms with Crippen LogP contribution in [0.4, 0.5) is 0 Å². The maximum Gasteiger partial charge on any atom is 0.311 e. The molecule has 1 N–H and O–H groups in total. The van der Waals surface area contributed by atoms with Gasteiger partial charge in [-0.05, 0) is 12.1 Å². The number of aromatic amines is 1. The molecule has 0 aliphatic carbocycles. The number of carbonyl (C=O) groups excluding carboxylic acids is 2. The topological polar surface area (TPSA) is 92.4 Å². The normalized spacial score (nSPS) is 23.6. The molecule has 2 aliphatic rings. The third-order valence-corrected chi connectivity index (χ3v) is 4.27. The maximum absolute atomic E-state index is 12.5. The number of para-hydroxylation sites is 2. The number of cyclic esters (lactones) is 1. The fourth-order valence-electron chi connectivity index (χ4n) is 3.09. The highest BCUT2D eigenvalue weighted by Crippen LogP contribution is 2.30. The van der Waals surface area contributed by atoms with Gasteiger partial charge >= 0.3 is 5.97 Å². The van der Waals surface area contributed by atoms with Crippen molar-refractivity contribution in [3.63, 3.8) is 0 Å². The van der Waals surface area contributed by atoms with E-state index in [1.807, 2.05) is 0 Å². The number of fused-ring (bicyclic) bond motifs is 2. The lowest BCUT2D eigenvalue weighted by Gasteiger charge is -2.16. The van der Waals surface area contributed by atoms with Crippen LogP contribution in [0, 0.1) is 11.8 Å². The Morgan fingerprint density at radius 2 is 2.09 bits per heavy atom. The van der Waals surface area contributed by atoms with E-state index in [1.54, 1.807) is 24.3 Å². The molecule has 2 saturated heterocycles. The Hall–Kier alpha value is -2.70. The summed E-state index contributed by atoms with van der Waals surface area (Å²) in [6, 6.07) is 7.04. The van der Waals surface area contributed by atoms with Crippen molar-refractivity contribution in [1.29, 1.82) is 0 Å². The number of amides is 1. The lowest BCUT2D eigenvalue weighted by molar-refractivity contribution is -0.141. The minimum Gasteiger partial charge on any atom is -0.465 e. The smallest absolute Gasteiger partial charge is 0.311 e. The standard InChI is InChI=1S/C15H13N3O4/c19-13-12(16-10-3-1-2-4-11(10)17-13)14(20)18-5-8-7-22-15(21)9(8)6-18/h1-4,8-9H,5-7H2,(H,17,19)/t8-,9-/m1/s1. The molecule has 22 heavy (non-hydrogen) atoms. The zero-order chi connectivity index (χ0) is 15.3. The van der Waals surface area contributed by atoms with Crippen LogP contribution in [0.15, 0.2) is 29.1 Å². The van der Waals surface area contributed by atoms with E-state index in [1.165, 1.54) is 4.90 Å². The van der Waals surface area contributed by atoms with Gasteiger partial charge in [-0.3, -0.25) is 14.4 Å². The van der Waals surface area contributed by atoms with E-state index in [4.69, 9.17) is 4.74 Å². The first kappa shape index (κ1) is 13.0. The molecule has 0 radical (unpaired) electrons. The monoisotopic (exact) mass is 299 g/mol. The molecule has 2 atom stereocenters. The summed E-state index contributed by atoms with van der Waals surface area (Å²) in [5.74, 6) is -0.950. The molecule has 4 rings (SSSR count). The number of esters is 1. The molecule has 0 unspecified atom stereocenters. The Kier molecular flexibility index (Phi) is 2.75. The van der Waals surface area contributed by atoms with Gasteiger partial charge in [0.25, 0.3) is 11.5 Å². The first-order valence-electron chi connectivity index (χ1n) is 7.08. The number of rotatable bonds is 1. The molecular formula is C15H13N3O4. The number of likely N-dealkylation sites (tertiary alicyclic amines) is 1. The van der Waals surface area contributed by atoms with Crippen LogP contribution in [0.5, 0.6) is 0 Å². The Labute approximate surface area is 124 Å². The third-order valence-electron chi connectivity index (χ3n) is 4.27. The number of hydrogen-bond donors (Lipinski definition) is 1. The molecule has 3 heterocycles. The van der Waals surface area contributed by atoms with E-state index in [0.717, 1.165) is 0 Å². The molecule has 7 heteroatoms. The minimum atomic E-state index is -0.511. The van der Waals surface area contributed by atoms with Gasteiger partial charge in [-0.25, -0.2) is 4.98 Å². The van der Waals surface area contributed by atoms with Gasteiger partial charge in [0.05, 0.1) is 23.6 Å². The molecule has 2 fully saturated rings. The first-order chi connectivity index (χ1) is 10.6. The summed E-state index contributed by atoms with van der Waals surface area (Å²) in [5, 5.41) is 0. The quantitative estimate of drug-likeness (QED) is 0.758. The van der Waals surface area contributed by atoms with Crippen molar-refractivity contribution in [2.75, 3.05) is 19.7 Å². The lowest BCUT2D eigenvalue weighted by Crippen LogP contribution is -2.35. The second-order valence-electron chi connectivity index (χ2n) is 5.64. The number of benzene rings is 1. The summed E-state index contributed by atoms with van der Waals surface area (Å²) in [6.07, 6.45) is 0. The van der Waals surface area contributed by atoms with Gasteiger partial charge in [0, 0.05) is 19.0 Å². The molecule has 0 saturated carbocycles. The Balaban J connectivity index is 1.67. The fourth-order valence-corrected chi connectivity index (χ4v) is 3.09. The Morgan fingerprint density at radius 3 is 2.91 bits per heavy atom. The molecule has 2 aromatic rings. The summed E-state index contributed by atoms with van der Waals surface area (Å²) in [7, 11) is 0.